The molecule has 2 saturated heterocycles. The number of hydrogen-bond acceptors (Lipinski definition) is 14. The Morgan fingerprint density at radius 3 is 2.51 bits per heavy atom. The number of benzene rings is 3. The molecule has 0 bridgehead atoms. The minimum absolute atomic E-state index is 0.0587. The van der Waals surface area contributed by atoms with Crippen LogP contribution in [-0.4, -0.2) is 123 Å². The molecular formula is C34H36N4O10S. The number of phenolic OH excluding ortho intramolecular Hbond substituents is 2. The number of piperazine rings is 1. The third kappa shape index (κ3) is 6.18. The number of methoxy groups -OCH3 is 1. The molecule has 1 aromatic heterocycles. The average molecular weight is 693 g/mol. The van der Waals surface area contributed by atoms with Crippen molar-refractivity contribution >= 4 is 39.1 Å². The molecule has 0 radical (unpaired) electrons. The maximum Gasteiger partial charge on any atom is 0.339 e. The van der Waals surface area contributed by atoms with Gasteiger partial charge in [0.25, 0.3) is 0 Å². The highest BCUT2D eigenvalue weighted by Gasteiger charge is 2.53. The molecule has 2 unspecified atom stereocenters. The molecule has 15 heteroatoms. The van der Waals surface area contributed by atoms with Gasteiger partial charge in [0.2, 0.25) is 11.7 Å². The van der Waals surface area contributed by atoms with Crippen LogP contribution in [0, 0.1) is 0 Å². The summed E-state index contributed by atoms with van der Waals surface area (Å²) in [4.78, 5) is 34.8. The molecule has 3 aliphatic heterocycles. The molecule has 258 valence electrons. The number of thiazole rings is 1. The molecule has 0 spiro atoms. The van der Waals surface area contributed by atoms with Gasteiger partial charge in [0, 0.05) is 54.8 Å². The number of aromatic nitrogens is 1. The van der Waals surface area contributed by atoms with Crippen molar-refractivity contribution < 1.29 is 49.3 Å². The number of carbonyl (C=O) groups is 2. The molecule has 6 N–H and O–H groups in total. The first-order valence-electron chi connectivity index (χ1n) is 15.8. The number of amides is 1. The van der Waals surface area contributed by atoms with Gasteiger partial charge in [0.05, 0.1) is 31.5 Å². The molecule has 5 atom stereocenters. The molecule has 14 nitrogen and oxygen atoms in total. The van der Waals surface area contributed by atoms with Crippen LogP contribution in [0.1, 0.15) is 27.6 Å². The van der Waals surface area contributed by atoms with Gasteiger partial charge in [-0.2, -0.15) is 0 Å². The number of ether oxygens (including phenoxy) is 3. The fraction of sp³-hybridized carbons (Fsp3) is 0.382. The Balaban J connectivity index is 1.01. The number of aliphatic hydroxyl groups excluding tert-OH is 3. The molecule has 4 heterocycles. The fourth-order valence-corrected chi connectivity index (χ4v) is 7.50. The fourth-order valence-electron chi connectivity index (χ4n) is 6.77. The topological polar surface area (TPSA) is 194 Å². The lowest BCUT2D eigenvalue weighted by Gasteiger charge is -2.45. The van der Waals surface area contributed by atoms with Crippen LogP contribution in [-0.2, 0) is 20.8 Å². The first-order chi connectivity index (χ1) is 23.7. The van der Waals surface area contributed by atoms with Gasteiger partial charge in [-0.05, 0) is 16.8 Å². The Hall–Kier alpha value is -4.35. The molecule has 4 aromatic rings. The molecule has 0 aliphatic carbocycles. The highest BCUT2D eigenvalue weighted by Crippen LogP contribution is 2.52. The van der Waals surface area contributed by atoms with Crippen molar-refractivity contribution in [2.75, 3.05) is 51.8 Å². The summed E-state index contributed by atoms with van der Waals surface area (Å²) in [5.41, 5.74) is 1.69. The van der Waals surface area contributed by atoms with E-state index in [1.54, 1.807) is 0 Å². The Labute approximate surface area is 284 Å². The number of aromatic hydroxyl groups is 2. The number of fused-ring (bicyclic) bond motifs is 4. The van der Waals surface area contributed by atoms with Crippen molar-refractivity contribution in [3.8, 4) is 28.5 Å². The number of rotatable bonds is 8. The Bertz CT molecular complexity index is 1890. The third-order valence-electron chi connectivity index (χ3n) is 9.35. The van der Waals surface area contributed by atoms with Gasteiger partial charge in [0.1, 0.15) is 24.4 Å². The number of carbonyl (C=O) groups excluding carboxylic acids is 2. The van der Waals surface area contributed by atoms with Gasteiger partial charge in [-0.15, -0.1) is 11.3 Å². The Morgan fingerprint density at radius 2 is 1.78 bits per heavy atom. The van der Waals surface area contributed by atoms with E-state index in [2.05, 4.69) is 22.4 Å². The monoisotopic (exact) mass is 692 g/mol. The summed E-state index contributed by atoms with van der Waals surface area (Å²) in [6.07, 6.45) is -6.95. The number of esters is 1. The summed E-state index contributed by atoms with van der Waals surface area (Å²) < 4.78 is 16.6. The summed E-state index contributed by atoms with van der Waals surface area (Å²) in [6, 6.07) is 14.2. The third-order valence-corrected chi connectivity index (χ3v) is 10.1. The molecule has 3 aliphatic rings. The first kappa shape index (κ1) is 33.2. The van der Waals surface area contributed by atoms with E-state index in [-0.39, 0.29) is 41.4 Å². The summed E-state index contributed by atoms with van der Waals surface area (Å²) in [5, 5.41) is 60.5. The highest BCUT2D eigenvalue weighted by molar-refractivity contribution is 7.14. The minimum Gasteiger partial charge on any atom is -0.504 e. The minimum atomic E-state index is -1.59. The maximum atomic E-state index is 13.3. The molecular weight excluding hydrogens is 656 g/mol. The van der Waals surface area contributed by atoms with Crippen molar-refractivity contribution in [3.63, 3.8) is 0 Å². The molecule has 1 amide bonds. The smallest absolute Gasteiger partial charge is 0.339 e. The number of aliphatic hydroxyl groups is 3. The second kappa shape index (κ2) is 13.5. The van der Waals surface area contributed by atoms with Crippen molar-refractivity contribution in [2.45, 2.75) is 37.1 Å². The lowest BCUT2D eigenvalue weighted by atomic mass is 9.84. The average Bonchev–Trinajstić information content (AvgIpc) is 3.57. The van der Waals surface area contributed by atoms with E-state index >= 15 is 0 Å². The normalized spacial score (nSPS) is 24.2. The molecule has 2 fully saturated rings. The van der Waals surface area contributed by atoms with Crippen LogP contribution < -0.4 is 10.1 Å². The largest absolute Gasteiger partial charge is 0.504 e. The van der Waals surface area contributed by atoms with Gasteiger partial charge in [-0.1, -0.05) is 36.4 Å². The maximum absolute atomic E-state index is 13.3. The second-order valence-corrected chi connectivity index (χ2v) is 13.2. The van der Waals surface area contributed by atoms with E-state index in [0.29, 0.717) is 31.3 Å². The lowest BCUT2D eigenvalue weighted by molar-refractivity contribution is -0.235. The van der Waals surface area contributed by atoms with Crippen LogP contribution >= 0.6 is 11.3 Å². The zero-order valence-corrected chi connectivity index (χ0v) is 27.3. The molecule has 0 saturated carbocycles. The summed E-state index contributed by atoms with van der Waals surface area (Å²) >= 11 is 1.36. The molecule has 7 rings (SSSR count). The highest BCUT2D eigenvalue weighted by atomic mass is 32.1. The number of nitrogens with one attached hydrogen (secondary N) is 1. The van der Waals surface area contributed by atoms with Crippen LogP contribution in [0.5, 0.6) is 17.2 Å². The van der Waals surface area contributed by atoms with Crippen LogP contribution in [0.3, 0.4) is 0 Å². The summed E-state index contributed by atoms with van der Waals surface area (Å²) in [6.45, 7) is 1.61. The van der Waals surface area contributed by atoms with E-state index in [4.69, 9.17) is 14.2 Å². The molecule has 49 heavy (non-hydrogen) atoms. The standard InChI is InChI=1S/C34H36N4O10S/c1-46-31-26(41)20(24-25(28(31)43)30-32(48-33(24)45)29(44)27(42)22(15-39)47-30)13-37-8-10-38(11-9-37)14-23(40)36-34-35-21(16-49-34)19-7-6-17-4-2-3-5-18(17)12-19/h2-7,12,16,22,27,29-30,32,39,41-44H,8-11,13-15H2,1H3,(H,35,36,40)/t22-,27-,29+,30?,32?/m1/s1. The number of phenols is 2. The van der Waals surface area contributed by atoms with Gasteiger partial charge in [-0.25, -0.2) is 9.78 Å². The number of nitrogens with zero attached hydrogens (tertiary/aromatic N) is 3. The summed E-state index contributed by atoms with van der Waals surface area (Å²) in [7, 11) is 1.25. The van der Waals surface area contributed by atoms with Gasteiger partial charge >= 0.3 is 5.97 Å². The Morgan fingerprint density at radius 1 is 1.04 bits per heavy atom. The van der Waals surface area contributed by atoms with Crippen LogP contribution in [0.15, 0.2) is 47.8 Å². The van der Waals surface area contributed by atoms with E-state index in [1.165, 1.54) is 18.4 Å². The zero-order chi connectivity index (χ0) is 34.4. The van der Waals surface area contributed by atoms with Crippen LogP contribution in [0.4, 0.5) is 5.13 Å². The van der Waals surface area contributed by atoms with Gasteiger partial charge < -0.3 is 45.1 Å². The summed E-state index contributed by atoms with van der Waals surface area (Å²) in [5.74, 6) is -2.41. The van der Waals surface area contributed by atoms with Crippen LogP contribution in [0.25, 0.3) is 22.0 Å². The van der Waals surface area contributed by atoms with Gasteiger partial charge in [-0.3, -0.25) is 14.6 Å². The van der Waals surface area contributed by atoms with Crippen molar-refractivity contribution in [1.29, 1.82) is 0 Å². The zero-order valence-electron chi connectivity index (χ0n) is 26.5. The van der Waals surface area contributed by atoms with E-state index < -0.39 is 54.6 Å². The van der Waals surface area contributed by atoms with E-state index in [0.717, 1.165) is 22.0 Å². The number of hydrogen-bond donors (Lipinski definition) is 6. The molecule has 3 aromatic carbocycles. The first-order valence-corrected chi connectivity index (χ1v) is 16.7. The lowest BCUT2D eigenvalue weighted by Crippen LogP contribution is -2.58. The predicted octanol–water partition coefficient (Wildman–Crippen LogP) is 1.83. The van der Waals surface area contributed by atoms with Crippen molar-refractivity contribution in [3.05, 3.63) is 64.5 Å². The van der Waals surface area contributed by atoms with E-state index in [1.807, 2.05) is 45.5 Å². The quantitative estimate of drug-likeness (QED) is 0.147. The van der Waals surface area contributed by atoms with E-state index in [9.17, 15) is 35.1 Å². The van der Waals surface area contributed by atoms with Gasteiger partial charge in [0.15, 0.2) is 22.7 Å². The predicted molar refractivity (Wildman–Crippen MR) is 178 cm³/mol. The van der Waals surface area contributed by atoms with Crippen molar-refractivity contribution in [2.24, 2.45) is 0 Å². The SMILES string of the molecule is COc1c(O)c(CN2CCN(CC(=O)Nc3nc(-c4ccc5ccccc5c4)cs3)CC2)c2c(c1O)C1O[C@H](CO)[C@@H](O)[C@H](O)C1OC2=O. The van der Waals surface area contributed by atoms with Crippen LogP contribution in [0.2, 0.25) is 0 Å². The number of anilines is 1. The van der Waals surface area contributed by atoms with Crippen molar-refractivity contribution in [1.82, 2.24) is 14.8 Å². The second-order valence-electron chi connectivity index (χ2n) is 12.3. The Kier molecular flexibility index (Phi) is 9.15.